The van der Waals surface area contributed by atoms with E-state index in [-0.39, 0.29) is 5.41 Å². The molecule has 0 aliphatic carbocycles. The standard InChI is InChI=1S/C29H27NO/c1-19-11-13-21(14-12-19)22-7-5-8-23-24-9-6-10-25(28(24)31-27(22)23)26-17-20(15-16-30-26)18-29(2,3)4/h5-17H,18H2,1-4H3. The minimum Gasteiger partial charge on any atom is -0.455 e. The van der Waals surface area contributed by atoms with E-state index in [1.165, 1.54) is 16.7 Å². The maximum absolute atomic E-state index is 6.55. The van der Waals surface area contributed by atoms with Crippen LogP contribution in [-0.4, -0.2) is 4.98 Å². The number of hydrogen-bond acceptors (Lipinski definition) is 2. The zero-order valence-electron chi connectivity index (χ0n) is 18.6. The fourth-order valence-electron chi connectivity index (χ4n) is 4.33. The van der Waals surface area contributed by atoms with Gasteiger partial charge in [0.05, 0.1) is 5.69 Å². The first-order chi connectivity index (χ1) is 14.9. The van der Waals surface area contributed by atoms with E-state index in [1.807, 2.05) is 6.20 Å². The molecule has 0 aliphatic rings. The van der Waals surface area contributed by atoms with Gasteiger partial charge in [-0.1, -0.05) is 80.9 Å². The highest BCUT2D eigenvalue weighted by Crippen LogP contribution is 2.39. The molecule has 0 N–H and O–H groups in total. The van der Waals surface area contributed by atoms with Gasteiger partial charge in [0.25, 0.3) is 0 Å². The molecule has 3 aromatic carbocycles. The Morgan fingerprint density at radius 1 is 0.774 bits per heavy atom. The van der Waals surface area contributed by atoms with Gasteiger partial charge in [0.1, 0.15) is 11.2 Å². The van der Waals surface area contributed by atoms with Crippen LogP contribution in [0.3, 0.4) is 0 Å². The second-order valence-corrected chi connectivity index (χ2v) is 9.62. The lowest BCUT2D eigenvalue weighted by Gasteiger charge is -2.18. The molecular weight excluding hydrogens is 378 g/mol. The molecule has 0 saturated carbocycles. The van der Waals surface area contributed by atoms with Crippen LogP contribution in [0.2, 0.25) is 0 Å². The van der Waals surface area contributed by atoms with E-state index in [9.17, 15) is 0 Å². The van der Waals surface area contributed by atoms with Gasteiger partial charge in [0, 0.05) is 28.1 Å². The monoisotopic (exact) mass is 405 g/mol. The van der Waals surface area contributed by atoms with Crippen LogP contribution in [-0.2, 0) is 6.42 Å². The van der Waals surface area contributed by atoms with Gasteiger partial charge >= 0.3 is 0 Å². The van der Waals surface area contributed by atoms with Crippen LogP contribution in [0.15, 0.2) is 83.4 Å². The minimum absolute atomic E-state index is 0.229. The van der Waals surface area contributed by atoms with Crippen LogP contribution in [0.25, 0.3) is 44.3 Å². The second kappa shape index (κ2) is 7.39. The highest BCUT2D eigenvalue weighted by molar-refractivity contribution is 6.12. The molecule has 5 aromatic rings. The van der Waals surface area contributed by atoms with Crippen LogP contribution in [0.5, 0.6) is 0 Å². The van der Waals surface area contributed by atoms with E-state index in [0.717, 1.165) is 45.2 Å². The van der Waals surface area contributed by atoms with Crippen molar-refractivity contribution in [3.63, 3.8) is 0 Å². The Bertz CT molecular complexity index is 1380. The summed E-state index contributed by atoms with van der Waals surface area (Å²) in [7, 11) is 0. The summed E-state index contributed by atoms with van der Waals surface area (Å²) < 4.78 is 6.55. The van der Waals surface area contributed by atoms with Gasteiger partial charge in [-0.3, -0.25) is 4.98 Å². The summed E-state index contributed by atoms with van der Waals surface area (Å²) in [4.78, 5) is 4.69. The molecule has 0 unspecified atom stereocenters. The topological polar surface area (TPSA) is 26.0 Å². The number of aromatic nitrogens is 1. The average Bonchev–Trinajstić information content (AvgIpc) is 3.12. The van der Waals surface area contributed by atoms with Crippen molar-refractivity contribution < 1.29 is 4.42 Å². The van der Waals surface area contributed by atoms with Crippen molar-refractivity contribution in [1.82, 2.24) is 4.98 Å². The van der Waals surface area contributed by atoms with Crippen molar-refractivity contribution in [2.75, 3.05) is 0 Å². The summed E-state index contributed by atoms with van der Waals surface area (Å²) in [6.45, 7) is 8.90. The summed E-state index contributed by atoms with van der Waals surface area (Å²) in [5.41, 5.74) is 8.90. The first-order valence-corrected chi connectivity index (χ1v) is 10.9. The van der Waals surface area contributed by atoms with Crippen LogP contribution in [0.1, 0.15) is 31.9 Å². The molecule has 0 saturated heterocycles. The molecule has 0 radical (unpaired) electrons. The van der Waals surface area contributed by atoms with E-state index in [2.05, 4.69) is 100 Å². The number of fused-ring (bicyclic) bond motifs is 3. The number of rotatable bonds is 3. The molecule has 2 heterocycles. The number of hydrogen-bond donors (Lipinski definition) is 0. The van der Waals surface area contributed by atoms with Crippen molar-refractivity contribution in [3.8, 4) is 22.4 Å². The largest absolute Gasteiger partial charge is 0.455 e. The maximum atomic E-state index is 6.55. The molecule has 0 bridgehead atoms. The van der Waals surface area contributed by atoms with Crippen LogP contribution >= 0.6 is 0 Å². The Labute approximate surface area is 183 Å². The van der Waals surface area contributed by atoms with E-state index in [4.69, 9.17) is 9.40 Å². The first-order valence-electron chi connectivity index (χ1n) is 10.9. The summed E-state index contributed by atoms with van der Waals surface area (Å²) in [5, 5.41) is 2.27. The van der Waals surface area contributed by atoms with Gasteiger partial charge in [-0.2, -0.15) is 0 Å². The summed E-state index contributed by atoms with van der Waals surface area (Å²) in [6, 6.07) is 25.7. The molecule has 0 aliphatic heterocycles. The summed E-state index contributed by atoms with van der Waals surface area (Å²) in [6.07, 6.45) is 2.92. The van der Waals surface area contributed by atoms with Crippen LogP contribution in [0, 0.1) is 12.3 Å². The van der Waals surface area contributed by atoms with Crippen molar-refractivity contribution in [2.24, 2.45) is 5.41 Å². The molecule has 154 valence electrons. The molecule has 5 rings (SSSR count). The van der Waals surface area contributed by atoms with Gasteiger partial charge in [0.2, 0.25) is 0 Å². The van der Waals surface area contributed by atoms with E-state index < -0.39 is 0 Å². The first kappa shape index (κ1) is 19.6. The smallest absolute Gasteiger partial charge is 0.144 e. The van der Waals surface area contributed by atoms with Crippen molar-refractivity contribution in [2.45, 2.75) is 34.1 Å². The SMILES string of the molecule is Cc1ccc(-c2cccc3c2oc2c(-c4cc(CC(C)(C)C)ccn4)cccc23)cc1. The second-order valence-electron chi connectivity index (χ2n) is 9.62. The lowest BCUT2D eigenvalue weighted by molar-refractivity contribution is 0.411. The lowest BCUT2D eigenvalue weighted by Crippen LogP contribution is -2.09. The molecule has 0 fully saturated rings. The summed E-state index contributed by atoms with van der Waals surface area (Å²) >= 11 is 0. The van der Waals surface area contributed by atoms with Crippen LogP contribution in [0.4, 0.5) is 0 Å². The highest BCUT2D eigenvalue weighted by Gasteiger charge is 2.17. The van der Waals surface area contributed by atoms with Gasteiger partial charge in [0.15, 0.2) is 0 Å². The predicted molar refractivity (Wildman–Crippen MR) is 130 cm³/mol. The molecule has 0 atom stereocenters. The number of furan rings is 1. The fourth-order valence-corrected chi connectivity index (χ4v) is 4.33. The number of para-hydroxylation sites is 2. The predicted octanol–water partition coefficient (Wildman–Crippen LogP) is 8.21. The van der Waals surface area contributed by atoms with Crippen molar-refractivity contribution >= 4 is 21.9 Å². The Kier molecular flexibility index (Phi) is 4.66. The normalized spacial score (nSPS) is 12.0. The van der Waals surface area contributed by atoms with Gasteiger partial charge in [-0.15, -0.1) is 0 Å². The molecular formula is C29H27NO. The Morgan fingerprint density at radius 3 is 2.10 bits per heavy atom. The van der Waals surface area contributed by atoms with Gasteiger partial charge in [-0.05, 0) is 48.1 Å². The minimum atomic E-state index is 0.229. The molecule has 0 amide bonds. The van der Waals surface area contributed by atoms with E-state index >= 15 is 0 Å². The van der Waals surface area contributed by atoms with Crippen molar-refractivity contribution in [1.29, 1.82) is 0 Å². The molecule has 31 heavy (non-hydrogen) atoms. The lowest BCUT2D eigenvalue weighted by atomic mass is 9.88. The number of aryl methyl sites for hydroxylation is 1. The average molecular weight is 406 g/mol. The van der Waals surface area contributed by atoms with Crippen LogP contribution < -0.4 is 0 Å². The third kappa shape index (κ3) is 3.74. The Hall–Kier alpha value is -3.39. The Balaban J connectivity index is 1.70. The zero-order valence-corrected chi connectivity index (χ0v) is 18.6. The maximum Gasteiger partial charge on any atom is 0.144 e. The highest BCUT2D eigenvalue weighted by atomic mass is 16.3. The fraction of sp³-hybridized carbons (Fsp3) is 0.207. The zero-order chi connectivity index (χ0) is 21.6. The molecule has 2 heteroatoms. The van der Waals surface area contributed by atoms with Crippen molar-refractivity contribution in [3.05, 3.63) is 90.1 Å². The number of nitrogens with zero attached hydrogens (tertiary/aromatic N) is 1. The third-order valence-electron chi connectivity index (χ3n) is 5.72. The van der Waals surface area contributed by atoms with E-state index in [0.29, 0.717) is 0 Å². The molecule has 0 spiro atoms. The molecule has 2 nitrogen and oxygen atoms in total. The number of pyridine rings is 1. The number of benzene rings is 3. The third-order valence-corrected chi connectivity index (χ3v) is 5.72. The Morgan fingerprint density at radius 2 is 1.42 bits per heavy atom. The van der Waals surface area contributed by atoms with E-state index in [1.54, 1.807) is 0 Å². The quantitative estimate of drug-likeness (QED) is 0.302. The molecule has 2 aromatic heterocycles. The van der Waals surface area contributed by atoms with Gasteiger partial charge in [-0.25, -0.2) is 0 Å². The van der Waals surface area contributed by atoms with Gasteiger partial charge < -0.3 is 4.42 Å². The summed E-state index contributed by atoms with van der Waals surface area (Å²) in [5.74, 6) is 0.